The SMILES string of the molecule is Cc1cnc(N)c(C(=O)c2ccc(F)c(F)c2F)c1. The lowest BCUT2D eigenvalue weighted by atomic mass is 10.0. The van der Waals surface area contributed by atoms with Gasteiger partial charge in [0.1, 0.15) is 5.82 Å². The lowest BCUT2D eigenvalue weighted by Crippen LogP contribution is -2.11. The van der Waals surface area contributed by atoms with Crippen LogP contribution < -0.4 is 5.73 Å². The van der Waals surface area contributed by atoms with Crippen LogP contribution in [0.3, 0.4) is 0 Å². The van der Waals surface area contributed by atoms with E-state index in [1.807, 2.05) is 0 Å². The summed E-state index contributed by atoms with van der Waals surface area (Å²) in [5.74, 6) is -5.52. The first-order chi connectivity index (χ1) is 8.91. The molecule has 0 radical (unpaired) electrons. The van der Waals surface area contributed by atoms with Gasteiger partial charge in [-0.1, -0.05) is 0 Å². The molecule has 2 rings (SSSR count). The second-order valence-corrected chi connectivity index (χ2v) is 4.00. The number of pyridine rings is 1. The number of aryl methyl sites for hydroxylation is 1. The minimum atomic E-state index is -1.69. The molecule has 6 heteroatoms. The van der Waals surface area contributed by atoms with E-state index in [0.29, 0.717) is 11.6 Å². The Bertz CT molecular complexity index is 671. The first kappa shape index (κ1) is 13.1. The molecule has 1 heterocycles. The van der Waals surface area contributed by atoms with Gasteiger partial charge in [0.05, 0.1) is 11.1 Å². The number of carbonyl (C=O) groups excluding carboxylic acids is 1. The number of hydrogen-bond donors (Lipinski definition) is 1. The Morgan fingerprint density at radius 1 is 1.16 bits per heavy atom. The lowest BCUT2D eigenvalue weighted by molar-refractivity contribution is 0.103. The Morgan fingerprint density at radius 2 is 1.84 bits per heavy atom. The van der Waals surface area contributed by atoms with Crippen LogP contribution in [0.25, 0.3) is 0 Å². The zero-order valence-electron chi connectivity index (χ0n) is 9.88. The normalized spacial score (nSPS) is 10.5. The lowest BCUT2D eigenvalue weighted by Gasteiger charge is -2.07. The fourth-order valence-corrected chi connectivity index (χ4v) is 1.61. The highest BCUT2D eigenvalue weighted by atomic mass is 19.2. The van der Waals surface area contributed by atoms with Crippen LogP contribution in [0.5, 0.6) is 0 Å². The molecule has 3 nitrogen and oxygen atoms in total. The zero-order chi connectivity index (χ0) is 14.2. The number of aromatic nitrogens is 1. The highest BCUT2D eigenvalue weighted by Crippen LogP contribution is 2.21. The van der Waals surface area contributed by atoms with E-state index in [-0.39, 0.29) is 11.4 Å². The van der Waals surface area contributed by atoms with E-state index in [0.717, 1.165) is 6.07 Å². The average molecular weight is 266 g/mol. The van der Waals surface area contributed by atoms with Crippen molar-refractivity contribution in [1.82, 2.24) is 4.98 Å². The maximum Gasteiger partial charge on any atom is 0.199 e. The number of hydrogen-bond acceptors (Lipinski definition) is 3. The van der Waals surface area contributed by atoms with E-state index in [1.165, 1.54) is 12.3 Å². The number of halogens is 3. The third-order valence-electron chi connectivity index (χ3n) is 2.58. The number of nitrogens with zero attached hydrogens (tertiary/aromatic N) is 1. The van der Waals surface area contributed by atoms with E-state index in [9.17, 15) is 18.0 Å². The van der Waals surface area contributed by atoms with E-state index in [2.05, 4.69) is 4.98 Å². The quantitative estimate of drug-likeness (QED) is 0.671. The molecule has 2 aromatic rings. The molecule has 0 fully saturated rings. The standard InChI is InChI=1S/C13H9F3N2O/c1-6-4-8(13(17)18-5-6)12(19)7-2-3-9(14)11(16)10(7)15/h2-5H,1H3,(H2,17,18). The molecule has 0 saturated heterocycles. The van der Waals surface area contributed by atoms with Gasteiger partial charge in [-0.05, 0) is 30.7 Å². The molecule has 19 heavy (non-hydrogen) atoms. The van der Waals surface area contributed by atoms with Crippen LogP contribution in [0.15, 0.2) is 24.4 Å². The molecular formula is C13H9F3N2O. The van der Waals surface area contributed by atoms with Crippen molar-refractivity contribution in [2.24, 2.45) is 0 Å². The predicted octanol–water partition coefficient (Wildman–Crippen LogP) is 2.62. The molecule has 0 saturated carbocycles. The highest BCUT2D eigenvalue weighted by Gasteiger charge is 2.21. The summed E-state index contributed by atoms with van der Waals surface area (Å²) in [6.45, 7) is 1.67. The Kier molecular flexibility index (Phi) is 3.25. The molecule has 0 aliphatic carbocycles. The van der Waals surface area contributed by atoms with Gasteiger partial charge >= 0.3 is 0 Å². The summed E-state index contributed by atoms with van der Waals surface area (Å²) < 4.78 is 39.4. The number of nitrogens with two attached hydrogens (primary N) is 1. The zero-order valence-corrected chi connectivity index (χ0v) is 9.88. The molecular weight excluding hydrogens is 257 g/mol. The third kappa shape index (κ3) is 2.29. The molecule has 1 aromatic carbocycles. The second-order valence-electron chi connectivity index (χ2n) is 4.00. The summed E-state index contributed by atoms with van der Waals surface area (Å²) >= 11 is 0. The van der Waals surface area contributed by atoms with Crippen LogP contribution >= 0.6 is 0 Å². The van der Waals surface area contributed by atoms with Crippen molar-refractivity contribution in [1.29, 1.82) is 0 Å². The summed E-state index contributed by atoms with van der Waals surface area (Å²) in [6, 6.07) is 2.97. The van der Waals surface area contributed by atoms with Crippen molar-refractivity contribution in [3.63, 3.8) is 0 Å². The van der Waals surface area contributed by atoms with Gasteiger partial charge in [0.25, 0.3) is 0 Å². The van der Waals surface area contributed by atoms with Crippen LogP contribution in [0, 0.1) is 24.4 Å². The van der Waals surface area contributed by atoms with Crippen LogP contribution in [0.2, 0.25) is 0 Å². The molecule has 0 amide bonds. The van der Waals surface area contributed by atoms with E-state index < -0.39 is 28.8 Å². The Hall–Kier alpha value is -2.37. The molecule has 1 aromatic heterocycles. The van der Waals surface area contributed by atoms with E-state index in [1.54, 1.807) is 6.92 Å². The average Bonchev–Trinajstić information content (AvgIpc) is 2.38. The molecule has 0 unspecified atom stereocenters. The monoisotopic (exact) mass is 266 g/mol. The Balaban J connectivity index is 2.56. The van der Waals surface area contributed by atoms with Gasteiger partial charge in [-0.3, -0.25) is 4.79 Å². The third-order valence-corrected chi connectivity index (χ3v) is 2.58. The van der Waals surface area contributed by atoms with Gasteiger partial charge in [0.15, 0.2) is 23.2 Å². The molecule has 0 atom stereocenters. The van der Waals surface area contributed by atoms with Gasteiger partial charge in [-0.25, -0.2) is 18.2 Å². The molecule has 0 spiro atoms. The molecule has 2 N–H and O–H groups in total. The topological polar surface area (TPSA) is 56.0 Å². The van der Waals surface area contributed by atoms with Crippen molar-refractivity contribution in [2.75, 3.05) is 5.73 Å². The maximum absolute atomic E-state index is 13.5. The van der Waals surface area contributed by atoms with Gasteiger partial charge in [0.2, 0.25) is 0 Å². The fraction of sp³-hybridized carbons (Fsp3) is 0.0769. The molecule has 0 aliphatic rings. The van der Waals surface area contributed by atoms with Crippen LogP contribution in [-0.2, 0) is 0 Å². The van der Waals surface area contributed by atoms with Crippen molar-refractivity contribution < 1.29 is 18.0 Å². The largest absolute Gasteiger partial charge is 0.383 e. The van der Waals surface area contributed by atoms with Crippen molar-refractivity contribution in [2.45, 2.75) is 6.92 Å². The van der Waals surface area contributed by atoms with Gasteiger partial charge in [-0.15, -0.1) is 0 Å². The first-order valence-electron chi connectivity index (χ1n) is 5.32. The number of nitrogen functional groups attached to an aromatic ring is 1. The van der Waals surface area contributed by atoms with Crippen LogP contribution in [0.1, 0.15) is 21.5 Å². The van der Waals surface area contributed by atoms with Crippen molar-refractivity contribution in [3.05, 3.63) is 58.5 Å². The van der Waals surface area contributed by atoms with E-state index >= 15 is 0 Å². The minimum Gasteiger partial charge on any atom is -0.383 e. The summed E-state index contributed by atoms with van der Waals surface area (Å²) in [6.07, 6.45) is 1.44. The summed E-state index contributed by atoms with van der Waals surface area (Å²) in [5, 5.41) is 0. The Morgan fingerprint density at radius 3 is 2.53 bits per heavy atom. The number of carbonyl (C=O) groups is 1. The number of benzene rings is 1. The minimum absolute atomic E-state index is 0.0510. The van der Waals surface area contributed by atoms with Gasteiger partial charge in [0, 0.05) is 6.20 Å². The van der Waals surface area contributed by atoms with Gasteiger partial charge < -0.3 is 5.73 Å². The Labute approximate surface area is 106 Å². The molecule has 0 aliphatic heterocycles. The number of anilines is 1. The van der Waals surface area contributed by atoms with Crippen LogP contribution in [0.4, 0.5) is 19.0 Å². The smallest absolute Gasteiger partial charge is 0.199 e. The van der Waals surface area contributed by atoms with Crippen molar-refractivity contribution in [3.8, 4) is 0 Å². The first-order valence-corrected chi connectivity index (χ1v) is 5.32. The maximum atomic E-state index is 13.5. The molecule has 0 bridgehead atoms. The molecule has 98 valence electrons. The number of rotatable bonds is 2. The summed E-state index contributed by atoms with van der Waals surface area (Å²) in [5.41, 5.74) is 5.53. The summed E-state index contributed by atoms with van der Waals surface area (Å²) in [7, 11) is 0. The number of ketones is 1. The fourth-order valence-electron chi connectivity index (χ4n) is 1.61. The van der Waals surface area contributed by atoms with Gasteiger partial charge in [-0.2, -0.15) is 0 Å². The highest BCUT2D eigenvalue weighted by molar-refractivity contribution is 6.11. The second kappa shape index (κ2) is 4.72. The summed E-state index contributed by atoms with van der Waals surface area (Å²) in [4.78, 5) is 15.8. The van der Waals surface area contributed by atoms with Crippen molar-refractivity contribution >= 4 is 11.6 Å². The predicted molar refractivity (Wildman–Crippen MR) is 63.1 cm³/mol. The van der Waals surface area contributed by atoms with Crippen LogP contribution in [-0.4, -0.2) is 10.8 Å². The van der Waals surface area contributed by atoms with E-state index in [4.69, 9.17) is 5.73 Å².